The number of halogens is 2. The first-order chi connectivity index (χ1) is 9.63. The Morgan fingerprint density at radius 1 is 1.35 bits per heavy atom. The predicted molar refractivity (Wildman–Crippen MR) is 82.7 cm³/mol. The van der Waals surface area contributed by atoms with Crippen LogP contribution in [0.15, 0.2) is 18.2 Å². The topological polar surface area (TPSA) is 15.3 Å². The summed E-state index contributed by atoms with van der Waals surface area (Å²) in [6.45, 7) is 8.60. The van der Waals surface area contributed by atoms with Gasteiger partial charge in [-0.2, -0.15) is 0 Å². The SMILES string of the molecule is CCCC(C)[C@H](c1ccc(F)c(Cl)c1)N1CCNCC1. The quantitative estimate of drug-likeness (QED) is 0.888. The monoisotopic (exact) mass is 298 g/mol. The minimum Gasteiger partial charge on any atom is -0.314 e. The van der Waals surface area contributed by atoms with E-state index in [1.54, 1.807) is 6.07 Å². The summed E-state index contributed by atoms with van der Waals surface area (Å²) in [6, 6.07) is 5.51. The molecule has 1 heterocycles. The van der Waals surface area contributed by atoms with Crippen molar-refractivity contribution in [2.75, 3.05) is 26.2 Å². The van der Waals surface area contributed by atoms with Crippen LogP contribution in [-0.2, 0) is 0 Å². The third kappa shape index (κ3) is 3.72. The Balaban J connectivity index is 2.26. The lowest BCUT2D eigenvalue weighted by molar-refractivity contribution is 0.126. The zero-order chi connectivity index (χ0) is 14.5. The number of hydrogen-bond acceptors (Lipinski definition) is 2. The van der Waals surface area contributed by atoms with Gasteiger partial charge in [0, 0.05) is 32.2 Å². The number of nitrogens with one attached hydrogen (secondary N) is 1. The van der Waals surface area contributed by atoms with Gasteiger partial charge in [-0.1, -0.05) is 37.9 Å². The molecule has 1 aromatic rings. The van der Waals surface area contributed by atoms with Crippen molar-refractivity contribution in [3.8, 4) is 0 Å². The molecule has 0 bridgehead atoms. The molecule has 4 heteroatoms. The molecular formula is C16H24ClFN2. The summed E-state index contributed by atoms with van der Waals surface area (Å²) in [5, 5.41) is 3.61. The molecular weight excluding hydrogens is 275 g/mol. The molecule has 0 amide bonds. The maximum atomic E-state index is 13.4. The molecule has 1 aliphatic heterocycles. The second-order valence-electron chi connectivity index (χ2n) is 5.67. The predicted octanol–water partition coefficient (Wildman–Crippen LogP) is 3.86. The van der Waals surface area contributed by atoms with Crippen molar-refractivity contribution in [1.29, 1.82) is 0 Å². The highest BCUT2D eigenvalue weighted by Crippen LogP contribution is 2.33. The number of nitrogens with zero attached hydrogens (tertiary/aromatic N) is 1. The molecule has 1 fully saturated rings. The molecule has 112 valence electrons. The van der Waals surface area contributed by atoms with Crippen molar-refractivity contribution in [2.45, 2.75) is 32.7 Å². The molecule has 2 rings (SSSR count). The molecule has 0 saturated carbocycles. The van der Waals surface area contributed by atoms with Gasteiger partial charge in [-0.15, -0.1) is 0 Å². The van der Waals surface area contributed by atoms with Gasteiger partial charge in [0.05, 0.1) is 5.02 Å². The largest absolute Gasteiger partial charge is 0.314 e. The molecule has 0 spiro atoms. The third-order valence-corrected chi connectivity index (χ3v) is 4.40. The molecule has 1 saturated heterocycles. The second-order valence-corrected chi connectivity index (χ2v) is 6.08. The highest BCUT2D eigenvalue weighted by molar-refractivity contribution is 6.30. The van der Waals surface area contributed by atoms with E-state index >= 15 is 0 Å². The zero-order valence-electron chi connectivity index (χ0n) is 12.3. The van der Waals surface area contributed by atoms with E-state index in [1.165, 1.54) is 18.9 Å². The average Bonchev–Trinajstić information content (AvgIpc) is 2.44. The molecule has 2 nitrogen and oxygen atoms in total. The van der Waals surface area contributed by atoms with Gasteiger partial charge in [0.1, 0.15) is 5.82 Å². The minimum absolute atomic E-state index is 0.228. The van der Waals surface area contributed by atoms with Crippen LogP contribution in [0.1, 0.15) is 38.3 Å². The number of rotatable bonds is 5. The molecule has 0 aliphatic carbocycles. The third-order valence-electron chi connectivity index (χ3n) is 4.11. The van der Waals surface area contributed by atoms with Crippen LogP contribution >= 0.6 is 11.6 Å². The Kier molecular flexibility index (Phi) is 5.82. The Labute approximate surface area is 126 Å². The highest BCUT2D eigenvalue weighted by Gasteiger charge is 2.27. The van der Waals surface area contributed by atoms with Crippen LogP contribution < -0.4 is 5.32 Å². The van der Waals surface area contributed by atoms with Gasteiger partial charge in [0.15, 0.2) is 0 Å². The van der Waals surface area contributed by atoms with Crippen LogP contribution in [0.4, 0.5) is 4.39 Å². The van der Waals surface area contributed by atoms with Crippen LogP contribution in [0.25, 0.3) is 0 Å². The van der Waals surface area contributed by atoms with Crippen LogP contribution in [0.3, 0.4) is 0 Å². The molecule has 1 N–H and O–H groups in total. The summed E-state index contributed by atoms with van der Waals surface area (Å²) < 4.78 is 13.4. The summed E-state index contributed by atoms with van der Waals surface area (Å²) in [7, 11) is 0. The van der Waals surface area contributed by atoms with Crippen molar-refractivity contribution in [3.05, 3.63) is 34.6 Å². The summed E-state index contributed by atoms with van der Waals surface area (Å²) >= 11 is 5.97. The van der Waals surface area contributed by atoms with E-state index in [0.717, 1.165) is 31.7 Å². The summed E-state index contributed by atoms with van der Waals surface area (Å²) in [5.74, 6) is 0.206. The van der Waals surface area contributed by atoms with Crippen LogP contribution in [0.5, 0.6) is 0 Å². The maximum absolute atomic E-state index is 13.4. The summed E-state index contributed by atoms with van der Waals surface area (Å²) in [4.78, 5) is 2.50. The van der Waals surface area contributed by atoms with Crippen molar-refractivity contribution < 1.29 is 4.39 Å². The maximum Gasteiger partial charge on any atom is 0.141 e. The van der Waals surface area contributed by atoms with Gasteiger partial charge in [0.25, 0.3) is 0 Å². The van der Waals surface area contributed by atoms with E-state index < -0.39 is 0 Å². The van der Waals surface area contributed by atoms with Gasteiger partial charge >= 0.3 is 0 Å². The van der Waals surface area contributed by atoms with Crippen molar-refractivity contribution >= 4 is 11.6 Å². The van der Waals surface area contributed by atoms with E-state index in [4.69, 9.17) is 11.6 Å². The highest BCUT2D eigenvalue weighted by atomic mass is 35.5. The van der Waals surface area contributed by atoms with Gasteiger partial charge in [-0.05, 0) is 30.0 Å². The van der Waals surface area contributed by atoms with E-state index in [1.807, 2.05) is 6.07 Å². The lowest BCUT2D eigenvalue weighted by Crippen LogP contribution is -2.46. The van der Waals surface area contributed by atoms with Crippen molar-refractivity contribution in [3.63, 3.8) is 0 Å². The first-order valence-corrected chi connectivity index (χ1v) is 7.91. The van der Waals surface area contributed by atoms with Crippen LogP contribution in [0, 0.1) is 11.7 Å². The number of piperazine rings is 1. The molecule has 1 unspecified atom stereocenters. The van der Waals surface area contributed by atoms with Gasteiger partial charge in [0.2, 0.25) is 0 Å². The lowest BCUT2D eigenvalue weighted by atomic mass is 9.89. The van der Waals surface area contributed by atoms with E-state index in [0.29, 0.717) is 12.0 Å². The summed E-state index contributed by atoms with van der Waals surface area (Å²) in [6.07, 6.45) is 2.34. The van der Waals surface area contributed by atoms with Crippen molar-refractivity contribution in [1.82, 2.24) is 10.2 Å². The van der Waals surface area contributed by atoms with Gasteiger partial charge < -0.3 is 5.32 Å². The fourth-order valence-electron chi connectivity index (χ4n) is 3.17. The average molecular weight is 299 g/mol. The van der Waals surface area contributed by atoms with Crippen LogP contribution in [-0.4, -0.2) is 31.1 Å². The fourth-order valence-corrected chi connectivity index (χ4v) is 3.36. The molecule has 20 heavy (non-hydrogen) atoms. The molecule has 0 aromatic heterocycles. The van der Waals surface area contributed by atoms with E-state index in [-0.39, 0.29) is 10.8 Å². The first-order valence-electron chi connectivity index (χ1n) is 7.53. The number of benzene rings is 1. The summed E-state index contributed by atoms with van der Waals surface area (Å²) in [5.41, 5.74) is 1.14. The van der Waals surface area contributed by atoms with E-state index in [2.05, 4.69) is 24.1 Å². The normalized spacial score (nSPS) is 19.8. The van der Waals surface area contributed by atoms with Gasteiger partial charge in [-0.3, -0.25) is 4.90 Å². The van der Waals surface area contributed by atoms with Crippen molar-refractivity contribution in [2.24, 2.45) is 5.92 Å². The molecule has 1 aliphatic rings. The Bertz CT molecular complexity index is 432. The lowest BCUT2D eigenvalue weighted by Gasteiger charge is -2.38. The molecule has 2 atom stereocenters. The Morgan fingerprint density at radius 3 is 2.65 bits per heavy atom. The fraction of sp³-hybridized carbons (Fsp3) is 0.625. The smallest absolute Gasteiger partial charge is 0.141 e. The zero-order valence-corrected chi connectivity index (χ0v) is 13.1. The minimum atomic E-state index is -0.336. The molecule has 0 radical (unpaired) electrons. The Morgan fingerprint density at radius 2 is 2.05 bits per heavy atom. The number of hydrogen-bond donors (Lipinski definition) is 1. The molecule has 1 aromatic carbocycles. The van der Waals surface area contributed by atoms with Crippen LogP contribution in [0.2, 0.25) is 5.02 Å². The van der Waals surface area contributed by atoms with Gasteiger partial charge in [-0.25, -0.2) is 4.39 Å². The standard InChI is InChI=1S/C16H24ClFN2/c1-3-4-12(2)16(20-9-7-19-8-10-20)13-5-6-15(18)14(17)11-13/h5-6,11-12,16,19H,3-4,7-10H2,1-2H3/t12?,16-/m1/s1. The Hall–Kier alpha value is -0.640. The second kappa shape index (κ2) is 7.39. The van der Waals surface area contributed by atoms with E-state index in [9.17, 15) is 4.39 Å². The first kappa shape index (κ1) is 15.7.